The van der Waals surface area contributed by atoms with Crippen molar-refractivity contribution in [3.05, 3.63) is 71.9 Å². The van der Waals surface area contributed by atoms with Gasteiger partial charge in [-0.05, 0) is 34.7 Å². The van der Waals surface area contributed by atoms with Crippen LogP contribution in [0.3, 0.4) is 0 Å². The number of hydrogen-bond donors (Lipinski definition) is 3. The molecule has 1 heterocycles. The summed E-state index contributed by atoms with van der Waals surface area (Å²) in [4.78, 5) is 3.19. The van der Waals surface area contributed by atoms with E-state index in [1.165, 1.54) is 10.9 Å². The molecule has 2 aromatic carbocycles. The molecule has 3 N–H and O–H groups in total. The predicted octanol–water partition coefficient (Wildman–Crippen LogP) is 2.99. The molecule has 0 aliphatic heterocycles. The SMILES string of the molecule is OCC(NCc1ccc2[nH]ccc2c1)c1ccccc1. The number of fused-ring (bicyclic) bond motifs is 1. The average Bonchev–Trinajstić information content (AvgIpc) is 2.96. The van der Waals surface area contributed by atoms with E-state index >= 15 is 0 Å². The lowest BCUT2D eigenvalue weighted by Crippen LogP contribution is -2.23. The number of rotatable bonds is 5. The number of hydrogen-bond acceptors (Lipinski definition) is 2. The van der Waals surface area contributed by atoms with E-state index in [9.17, 15) is 5.11 Å². The third-order valence-corrected chi connectivity index (χ3v) is 3.55. The zero-order valence-corrected chi connectivity index (χ0v) is 11.2. The first-order valence-electron chi connectivity index (χ1n) is 6.82. The summed E-state index contributed by atoms with van der Waals surface area (Å²) in [6, 6.07) is 18.4. The van der Waals surface area contributed by atoms with E-state index in [2.05, 4.69) is 34.6 Å². The highest BCUT2D eigenvalue weighted by Crippen LogP contribution is 2.16. The molecule has 0 fully saturated rings. The van der Waals surface area contributed by atoms with Gasteiger partial charge in [0.25, 0.3) is 0 Å². The monoisotopic (exact) mass is 266 g/mol. The number of aliphatic hydroxyl groups is 1. The molecule has 1 unspecified atom stereocenters. The lowest BCUT2D eigenvalue weighted by Gasteiger charge is -2.16. The summed E-state index contributed by atoms with van der Waals surface area (Å²) in [6.45, 7) is 0.831. The van der Waals surface area contributed by atoms with Crippen molar-refractivity contribution in [1.82, 2.24) is 10.3 Å². The van der Waals surface area contributed by atoms with Crippen LogP contribution in [0.5, 0.6) is 0 Å². The highest BCUT2D eigenvalue weighted by molar-refractivity contribution is 5.79. The van der Waals surface area contributed by atoms with Crippen LogP contribution in [-0.2, 0) is 6.54 Å². The maximum Gasteiger partial charge on any atom is 0.0626 e. The number of nitrogens with one attached hydrogen (secondary N) is 2. The minimum absolute atomic E-state index is 0.0295. The Bertz CT molecular complexity index is 676. The van der Waals surface area contributed by atoms with Crippen LogP contribution < -0.4 is 5.32 Å². The zero-order valence-electron chi connectivity index (χ0n) is 11.2. The standard InChI is InChI=1S/C17H18N2O/c20-12-17(14-4-2-1-3-5-14)19-11-13-6-7-16-15(10-13)8-9-18-16/h1-10,17-20H,11-12H2. The number of H-pyrrole nitrogens is 1. The maximum absolute atomic E-state index is 9.53. The fourth-order valence-corrected chi connectivity index (χ4v) is 2.43. The van der Waals surface area contributed by atoms with Crippen LogP contribution in [0.1, 0.15) is 17.2 Å². The number of aliphatic hydroxyl groups excluding tert-OH is 1. The van der Waals surface area contributed by atoms with Gasteiger partial charge in [-0.15, -0.1) is 0 Å². The first-order valence-corrected chi connectivity index (χ1v) is 6.82. The van der Waals surface area contributed by atoms with Crippen LogP contribution >= 0.6 is 0 Å². The van der Waals surface area contributed by atoms with Gasteiger partial charge in [-0.3, -0.25) is 0 Å². The molecule has 0 aliphatic carbocycles. The van der Waals surface area contributed by atoms with Crippen molar-refractivity contribution in [2.75, 3.05) is 6.61 Å². The molecule has 0 saturated carbocycles. The summed E-state index contributed by atoms with van der Waals surface area (Å²) in [5, 5.41) is 14.1. The van der Waals surface area contributed by atoms with Gasteiger partial charge in [-0.25, -0.2) is 0 Å². The van der Waals surface area contributed by atoms with Crippen molar-refractivity contribution in [2.45, 2.75) is 12.6 Å². The molecule has 0 amide bonds. The summed E-state index contributed by atoms with van der Waals surface area (Å²) in [6.07, 6.45) is 1.95. The van der Waals surface area contributed by atoms with Gasteiger partial charge < -0.3 is 15.4 Å². The average molecular weight is 266 g/mol. The van der Waals surface area contributed by atoms with Gasteiger partial charge in [0.15, 0.2) is 0 Å². The Morgan fingerprint density at radius 3 is 2.70 bits per heavy atom. The van der Waals surface area contributed by atoms with E-state index in [1.807, 2.05) is 36.5 Å². The first-order chi connectivity index (χ1) is 9.86. The minimum atomic E-state index is -0.0295. The molecular weight excluding hydrogens is 248 g/mol. The molecule has 102 valence electrons. The van der Waals surface area contributed by atoms with Gasteiger partial charge in [0.1, 0.15) is 0 Å². The molecular formula is C17H18N2O. The molecule has 0 radical (unpaired) electrons. The largest absolute Gasteiger partial charge is 0.394 e. The lowest BCUT2D eigenvalue weighted by atomic mass is 10.1. The number of aromatic amines is 1. The molecule has 1 atom stereocenters. The Balaban J connectivity index is 1.71. The quantitative estimate of drug-likeness (QED) is 0.665. The van der Waals surface area contributed by atoms with Crippen LogP contribution in [0.25, 0.3) is 10.9 Å². The van der Waals surface area contributed by atoms with E-state index in [1.54, 1.807) is 0 Å². The molecule has 1 aromatic heterocycles. The summed E-state index contributed by atoms with van der Waals surface area (Å²) in [7, 11) is 0. The van der Waals surface area contributed by atoms with Crippen LogP contribution in [-0.4, -0.2) is 16.7 Å². The van der Waals surface area contributed by atoms with Gasteiger partial charge in [-0.2, -0.15) is 0 Å². The van der Waals surface area contributed by atoms with Crippen molar-refractivity contribution >= 4 is 10.9 Å². The van der Waals surface area contributed by atoms with E-state index < -0.39 is 0 Å². The normalized spacial score (nSPS) is 12.7. The first kappa shape index (κ1) is 12.9. The summed E-state index contributed by atoms with van der Waals surface area (Å²) in [5.41, 5.74) is 3.47. The summed E-state index contributed by atoms with van der Waals surface area (Å²) >= 11 is 0. The van der Waals surface area contributed by atoms with Crippen molar-refractivity contribution < 1.29 is 5.11 Å². The van der Waals surface area contributed by atoms with E-state index in [4.69, 9.17) is 0 Å². The molecule has 0 aliphatic rings. The Morgan fingerprint density at radius 1 is 1.05 bits per heavy atom. The highest BCUT2D eigenvalue weighted by atomic mass is 16.3. The van der Waals surface area contributed by atoms with E-state index in [0.717, 1.165) is 17.6 Å². The molecule has 0 saturated heterocycles. The lowest BCUT2D eigenvalue weighted by molar-refractivity contribution is 0.243. The van der Waals surface area contributed by atoms with Crippen molar-refractivity contribution in [3.8, 4) is 0 Å². The summed E-state index contributed by atoms with van der Waals surface area (Å²) in [5.74, 6) is 0. The number of aromatic nitrogens is 1. The molecule has 3 aromatic rings. The van der Waals surface area contributed by atoms with Gasteiger partial charge in [0.2, 0.25) is 0 Å². The fraction of sp³-hybridized carbons (Fsp3) is 0.176. The maximum atomic E-state index is 9.53. The minimum Gasteiger partial charge on any atom is -0.394 e. The second kappa shape index (κ2) is 5.90. The van der Waals surface area contributed by atoms with Gasteiger partial charge in [-0.1, -0.05) is 36.4 Å². The Morgan fingerprint density at radius 2 is 1.90 bits per heavy atom. The Labute approximate surface area is 118 Å². The van der Waals surface area contributed by atoms with Crippen LogP contribution in [0.15, 0.2) is 60.8 Å². The highest BCUT2D eigenvalue weighted by Gasteiger charge is 2.09. The van der Waals surface area contributed by atoms with Gasteiger partial charge >= 0.3 is 0 Å². The molecule has 3 nitrogen and oxygen atoms in total. The zero-order chi connectivity index (χ0) is 13.8. The Hall–Kier alpha value is -2.10. The second-order valence-electron chi connectivity index (χ2n) is 4.93. The molecule has 3 heteroatoms. The third-order valence-electron chi connectivity index (χ3n) is 3.55. The van der Waals surface area contributed by atoms with Gasteiger partial charge in [0, 0.05) is 18.3 Å². The third kappa shape index (κ3) is 2.74. The smallest absolute Gasteiger partial charge is 0.0626 e. The van der Waals surface area contributed by atoms with Crippen LogP contribution in [0.2, 0.25) is 0 Å². The van der Waals surface area contributed by atoms with E-state index in [0.29, 0.717) is 0 Å². The van der Waals surface area contributed by atoms with Crippen LogP contribution in [0, 0.1) is 0 Å². The Kier molecular flexibility index (Phi) is 3.81. The summed E-state index contributed by atoms with van der Waals surface area (Å²) < 4.78 is 0. The topological polar surface area (TPSA) is 48.0 Å². The fourth-order valence-electron chi connectivity index (χ4n) is 2.43. The number of benzene rings is 2. The van der Waals surface area contributed by atoms with Crippen molar-refractivity contribution in [3.63, 3.8) is 0 Å². The second-order valence-corrected chi connectivity index (χ2v) is 4.93. The predicted molar refractivity (Wildman–Crippen MR) is 81.4 cm³/mol. The molecule has 3 rings (SSSR count). The molecule has 20 heavy (non-hydrogen) atoms. The molecule has 0 spiro atoms. The van der Waals surface area contributed by atoms with Gasteiger partial charge in [0.05, 0.1) is 12.6 Å². The van der Waals surface area contributed by atoms with Crippen molar-refractivity contribution in [1.29, 1.82) is 0 Å². The van der Waals surface area contributed by atoms with Crippen molar-refractivity contribution in [2.24, 2.45) is 0 Å². The van der Waals surface area contributed by atoms with E-state index in [-0.39, 0.29) is 12.6 Å². The van der Waals surface area contributed by atoms with Crippen LogP contribution in [0.4, 0.5) is 0 Å². The molecule has 0 bridgehead atoms.